The molecule has 0 aliphatic carbocycles. The molecule has 6 heteroatoms. The summed E-state index contributed by atoms with van der Waals surface area (Å²) in [6.45, 7) is 1.94. The van der Waals surface area contributed by atoms with Gasteiger partial charge in [-0.3, -0.25) is 4.90 Å². The first-order valence-electron chi connectivity index (χ1n) is 8.30. The van der Waals surface area contributed by atoms with Crippen molar-refractivity contribution in [3.05, 3.63) is 65.6 Å². The first kappa shape index (κ1) is 18.3. The van der Waals surface area contributed by atoms with E-state index in [4.69, 9.17) is 25.5 Å². The van der Waals surface area contributed by atoms with Gasteiger partial charge in [-0.1, -0.05) is 11.6 Å². The molecule has 3 aromatic rings. The average molecular weight is 373 g/mol. The van der Waals surface area contributed by atoms with Crippen molar-refractivity contribution in [2.24, 2.45) is 0 Å². The van der Waals surface area contributed by atoms with Crippen LogP contribution < -0.4 is 9.47 Å². The zero-order valence-corrected chi connectivity index (χ0v) is 15.6. The summed E-state index contributed by atoms with van der Waals surface area (Å²) in [6, 6.07) is 15.0. The fraction of sp³-hybridized carbons (Fsp3) is 0.250. The maximum Gasteiger partial charge on any atom is 0.209 e. The highest BCUT2D eigenvalue weighted by Crippen LogP contribution is 2.23. The fourth-order valence-corrected chi connectivity index (χ4v) is 2.56. The Morgan fingerprint density at radius 3 is 2.42 bits per heavy atom. The van der Waals surface area contributed by atoms with Gasteiger partial charge in [-0.15, -0.1) is 0 Å². The van der Waals surface area contributed by atoms with E-state index in [1.54, 1.807) is 13.3 Å². The lowest BCUT2D eigenvalue weighted by atomic mass is 10.2. The molecule has 26 heavy (non-hydrogen) atoms. The zero-order valence-electron chi connectivity index (χ0n) is 14.8. The number of hydrogen-bond acceptors (Lipinski definition) is 5. The van der Waals surface area contributed by atoms with Gasteiger partial charge in [-0.05, 0) is 55.6 Å². The Morgan fingerprint density at radius 2 is 1.73 bits per heavy atom. The molecule has 5 nitrogen and oxygen atoms in total. The van der Waals surface area contributed by atoms with Gasteiger partial charge in [0.05, 0.1) is 19.9 Å². The van der Waals surface area contributed by atoms with Gasteiger partial charge in [0.25, 0.3) is 0 Å². The van der Waals surface area contributed by atoms with Crippen LogP contribution in [0.3, 0.4) is 0 Å². The Morgan fingerprint density at radius 1 is 1.04 bits per heavy atom. The first-order chi connectivity index (χ1) is 12.6. The fourth-order valence-electron chi connectivity index (χ4n) is 2.43. The molecule has 2 aromatic carbocycles. The van der Waals surface area contributed by atoms with E-state index in [1.165, 1.54) is 0 Å². The van der Waals surface area contributed by atoms with Crippen molar-refractivity contribution in [1.29, 1.82) is 0 Å². The molecule has 0 aliphatic rings. The van der Waals surface area contributed by atoms with Gasteiger partial charge in [0.2, 0.25) is 5.89 Å². The van der Waals surface area contributed by atoms with E-state index in [0.29, 0.717) is 24.1 Å². The molecule has 0 spiro atoms. The van der Waals surface area contributed by atoms with Crippen molar-refractivity contribution in [2.75, 3.05) is 27.3 Å². The highest BCUT2D eigenvalue weighted by molar-refractivity contribution is 6.30. The lowest BCUT2D eigenvalue weighted by Crippen LogP contribution is -2.24. The second-order valence-electron chi connectivity index (χ2n) is 5.89. The summed E-state index contributed by atoms with van der Waals surface area (Å²) in [5.41, 5.74) is 0.971. The Labute approximate surface area is 158 Å². The van der Waals surface area contributed by atoms with E-state index in [1.807, 2.05) is 55.6 Å². The van der Waals surface area contributed by atoms with Crippen LogP contribution in [0.2, 0.25) is 5.02 Å². The Kier molecular flexibility index (Phi) is 6.15. The second kappa shape index (κ2) is 8.74. The van der Waals surface area contributed by atoms with Crippen LogP contribution in [0.4, 0.5) is 0 Å². The minimum Gasteiger partial charge on any atom is -0.497 e. The molecule has 0 fully saturated rings. The van der Waals surface area contributed by atoms with Gasteiger partial charge in [0.15, 0.2) is 5.76 Å². The van der Waals surface area contributed by atoms with Gasteiger partial charge in [-0.25, -0.2) is 4.98 Å². The molecule has 0 unspecified atom stereocenters. The van der Waals surface area contributed by atoms with Gasteiger partial charge < -0.3 is 13.9 Å². The minimum absolute atomic E-state index is 0.574. The molecule has 0 N–H and O–H groups in total. The highest BCUT2D eigenvalue weighted by atomic mass is 35.5. The van der Waals surface area contributed by atoms with Crippen molar-refractivity contribution in [3.8, 4) is 22.8 Å². The van der Waals surface area contributed by atoms with E-state index < -0.39 is 0 Å². The lowest BCUT2D eigenvalue weighted by Gasteiger charge is -2.15. The summed E-state index contributed by atoms with van der Waals surface area (Å²) in [4.78, 5) is 6.45. The van der Waals surface area contributed by atoms with E-state index in [2.05, 4.69) is 9.88 Å². The van der Waals surface area contributed by atoms with Crippen LogP contribution in [0.15, 0.2) is 59.1 Å². The SMILES string of the molecule is COc1ccc(-c2cnc(CN(C)CCOc3ccc(Cl)cc3)o2)cc1. The summed E-state index contributed by atoms with van der Waals surface area (Å²) >= 11 is 5.86. The molecule has 0 amide bonds. The molecule has 3 rings (SSSR count). The number of rotatable bonds is 8. The van der Waals surface area contributed by atoms with Crippen molar-refractivity contribution in [2.45, 2.75) is 6.54 Å². The number of halogens is 1. The van der Waals surface area contributed by atoms with Gasteiger partial charge in [0.1, 0.15) is 18.1 Å². The molecule has 1 aromatic heterocycles. The number of hydrogen-bond donors (Lipinski definition) is 0. The quantitative estimate of drug-likeness (QED) is 0.582. The number of methoxy groups -OCH3 is 1. The van der Waals surface area contributed by atoms with Crippen molar-refractivity contribution in [3.63, 3.8) is 0 Å². The highest BCUT2D eigenvalue weighted by Gasteiger charge is 2.09. The summed E-state index contributed by atoms with van der Waals surface area (Å²) in [7, 11) is 3.65. The van der Waals surface area contributed by atoms with Crippen molar-refractivity contribution in [1.82, 2.24) is 9.88 Å². The van der Waals surface area contributed by atoms with Gasteiger partial charge in [-0.2, -0.15) is 0 Å². The molecule has 0 saturated carbocycles. The summed E-state index contributed by atoms with van der Waals surface area (Å²) < 4.78 is 16.7. The third kappa shape index (κ3) is 5.00. The van der Waals surface area contributed by atoms with Crippen molar-refractivity contribution >= 4 is 11.6 Å². The molecule has 0 saturated heterocycles. The topological polar surface area (TPSA) is 47.7 Å². The number of likely N-dealkylation sites (N-methyl/N-ethyl adjacent to an activating group) is 1. The molecule has 0 bridgehead atoms. The van der Waals surface area contributed by atoms with Crippen LogP contribution >= 0.6 is 11.6 Å². The van der Waals surface area contributed by atoms with Crippen molar-refractivity contribution < 1.29 is 13.9 Å². The van der Waals surface area contributed by atoms with Crippen LogP contribution in [-0.4, -0.2) is 37.2 Å². The Balaban J connectivity index is 1.49. The van der Waals surface area contributed by atoms with Crippen LogP contribution in [-0.2, 0) is 6.54 Å². The summed E-state index contributed by atoms with van der Waals surface area (Å²) in [5, 5.41) is 0.700. The third-order valence-corrected chi connectivity index (χ3v) is 4.14. The maximum absolute atomic E-state index is 5.86. The normalized spacial score (nSPS) is 10.9. The van der Waals surface area contributed by atoms with E-state index in [-0.39, 0.29) is 0 Å². The smallest absolute Gasteiger partial charge is 0.209 e. The molecule has 1 heterocycles. The number of benzene rings is 2. The molecule has 136 valence electrons. The average Bonchev–Trinajstić information content (AvgIpc) is 3.12. The van der Waals surface area contributed by atoms with Crippen LogP contribution in [0, 0.1) is 0 Å². The monoisotopic (exact) mass is 372 g/mol. The first-order valence-corrected chi connectivity index (χ1v) is 8.68. The molecule has 0 atom stereocenters. The minimum atomic E-state index is 0.574. The Hall–Kier alpha value is -2.50. The summed E-state index contributed by atoms with van der Waals surface area (Å²) in [6.07, 6.45) is 1.75. The number of oxazole rings is 1. The maximum atomic E-state index is 5.86. The summed E-state index contributed by atoms with van der Waals surface area (Å²) in [5.74, 6) is 3.04. The number of aromatic nitrogens is 1. The standard InChI is InChI=1S/C20H21ClN2O3/c1-23(11-12-25-18-9-5-16(21)6-10-18)14-20-22-13-19(26-20)15-3-7-17(24-2)8-4-15/h3-10,13H,11-12,14H2,1-2H3. The van der Waals surface area contributed by atoms with Crippen LogP contribution in [0.25, 0.3) is 11.3 Å². The van der Waals surface area contributed by atoms with E-state index >= 15 is 0 Å². The predicted octanol–water partition coefficient (Wildman–Crippen LogP) is 4.51. The molecule has 0 aliphatic heterocycles. The van der Waals surface area contributed by atoms with Gasteiger partial charge in [0, 0.05) is 17.1 Å². The molecule has 0 radical (unpaired) electrons. The van der Waals surface area contributed by atoms with Gasteiger partial charge >= 0.3 is 0 Å². The number of nitrogens with zero attached hydrogens (tertiary/aromatic N) is 2. The zero-order chi connectivity index (χ0) is 18.4. The van der Waals surface area contributed by atoms with E-state index in [9.17, 15) is 0 Å². The van der Waals surface area contributed by atoms with Crippen LogP contribution in [0.1, 0.15) is 5.89 Å². The van der Waals surface area contributed by atoms with Crippen LogP contribution in [0.5, 0.6) is 11.5 Å². The largest absolute Gasteiger partial charge is 0.497 e. The Bertz CT molecular complexity index is 816. The number of ether oxygens (including phenoxy) is 2. The second-order valence-corrected chi connectivity index (χ2v) is 6.32. The molecular formula is C20H21ClN2O3. The third-order valence-electron chi connectivity index (χ3n) is 3.89. The lowest BCUT2D eigenvalue weighted by molar-refractivity contribution is 0.220. The molecular weight excluding hydrogens is 352 g/mol. The van der Waals surface area contributed by atoms with E-state index in [0.717, 1.165) is 29.4 Å². The predicted molar refractivity (Wildman–Crippen MR) is 102 cm³/mol.